The van der Waals surface area contributed by atoms with E-state index >= 15 is 0 Å². The molecule has 0 aromatic heterocycles. The van der Waals surface area contributed by atoms with Crippen LogP contribution < -0.4 is 0 Å². The summed E-state index contributed by atoms with van der Waals surface area (Å²) in [6.07, 6.45) is -8.15. The summed E-state index contributed by atoms with van der Waals surface area (Å²) in [5.74, 6) is 0. The SMILES string of the molecule is COCc1cccc(S(=O)(=O)N(CC(F)F)CC(F)(F)F)c1. The number of sulfonamides is 1. The summed E-state index contributed by atoms with van der Waals surface area (Å²) in [7, 11) is -3.34. The lowest BCUT2D eigenvalue weighted by molar-refractivity contribution is -0.138. The maximum Gasteiger partial charge on any atom is 0.402 e. The Morgan fingerprint density at radius 1 is 1.27 bits per heavy atom. The van der Waals surface area contributed by atoms with Gasteiger partial charge in [0.1, 0.15) is 6.54 Å². The van der Waals surface area contributed by atoms with Gasteiger partial charge in [-0.2, -0.15) is 17.5 Å². The van der Waals surface area contributed by atoms with E-state index in [1.54, 1.807) is 0 Å². The Morgan fingerprint density at radius 2 is 1.91 bits per heavy atom. The van der Waals surface area contributed by atoms with Crippen molar-refractivity contribution in [1.29, 1.82) is 0 Å². The molecule has 1 rings (SSSR count). The third kappa shape index (κ3) is 5.50. The fourth-order valence-corrected chi connectivity index (χ4v) is 3.19. The molecule has 0 aliphatic carbocycles. The number of benzene rings is 1. The van der Waals surface area contributed by atoms with Gasteiger partial charge in [0.15, 0.2) is 0 Å². The van der Waals surface area contributed by atoms with Crippen LogP contribution in [0, 0.1) is 0 Å². The van der Waals surface area contributed by atoms with E-state index < -0.39 is 40.6 Å². The van der Waals surface area contributed by atoms with Gasteiger partial charge < -0.3 is 4.74 Å². The van der Waals surface area contributed by atoms with E-state index in [2.05, 4.69) is 0 Å². The normalized spacial score (nSPS) is 13.1. The van der Waals surface area contributed by atoms with E-state index in [4.69, 9.17) is 4.74 Å². The molecule has 10 heteroatoms. The lowest BCUT2D eigenvalue weighted by Crippen LogP contribution is -2.41. The van der Waals surface area contributed by atoms with Gasteiger partial charge in [0, 0.05) is 7.11 Å². The van der Waals surface area contributed by atoms with E-state index in [0.717, 1.165) is 12.1 Å². The van der Waals surface area contributed by atoms with Crippen molar-refractivity contribution in [3.05, 3.63) is 29.8 Å². The largest absolute Gasteiger partial charge is 0.402 e. The number of methoxy groups -OCH3 is 1. The molecule has 0 fully saturated rings. The summed E-state index contributed by atoms with van der Waals surface area (Å²) in [5.41, 5.74) is 0.396. The van der Waals surface area contributed by atoms with Crippen molar-refractivity contribution in [1.82, 2.24) is 4.31 Å². The van der Waals surface area contributed by atoms with Crippen LogP contribution in [-0.2, 0) is 21.4 Å². The smallest absolute Gasteiger partial charge is 0.380 e. The van der Waals surface area contributed by atoms with E-state index in [9.17, 15) is 30.4 Å². The third-order valence-electron chi connectivity index (χ3n) is 2.54. The Hall–Kier alpha value is -1.26. The molecule has 0 heterocycles. The fourth-order valence-electron chi connectivity index (χ4n) is 1.71. The lowest BCUT2D eigenvalue weighted by Gasteiger charge is -2.23. The van der Waals surface area contributed by atoms with Crippen LogP contribution in [0.1, 0.15) is 5.56 Å². The molecular formula is C12H14F5NO3S. The van der Waals surface area contributed by atoms with Gasteiger partial charge in [-0.05, 0) is 17.7 Å². The quantitative estimate of drug-likeness (QED) is 0.713. The number of rotatable bonds is 7. The minimum atomic E-state index is -4.92. The van der Waals surface area contributed by atoms with Gasteiger partial charge in [-0.1, -0.05) is 12.1 Å². The lowest BCUT2D eigenvalue weighted by atomic mass is 10.2. The molecular weight excluding hydrogens is 333 g/mol. The zero-order valence-corrected chi connectivity index (χ0v) is 12.3. The number of halogens is 5. The highest BCUT2D eigenvalue weighted by molar-refractivity contribution is 7.89. The Kier molecular flexibility index (Phi) is 6.27. The monoisotopic (exact) mass is 347 g/mol. The van der Waals surface area contributed by atoms with Gasteiger partial charge >= 0.3 is 6.18 Å². The van der Waals surface area contributed by atoms with Gasteiger partial charge in [0.2, 0.25) is 10.0 Å². The van der Waals surface area contributed by atoms with Crippen molar-refractivity contribution >= 4 is 10.0 Å². The first-order valence-corrected chi connectivity index (χ1v) is 7.43. The maximum atomic E-state index is 12.4. The van der Waals surface area contributed by atoms with Crippen LogP contribution in [0.2, 0.25) is 0 Å². The molecule has 0 saturated heterocycles. The molecule has 0 unspecified atom stereocenters. The van der Waals surface area contributed by atoms with Gasteiger partial charge in [0.05, 0.1) is 18.0 Å². The van der Waals surface area contributed by atoms with Gasteiger partial charge in [-0.25, -0.2) is 17.2 Å². The summed E-state index contributed by atoms with van der Waals surface area (Å²) < 4.78 is 90.9. The first-order chi connectivity index (χ1) is 10.1. The number of nitrogens with zero attached hydrogens (tertiary/aromatic N) is 1. The molecule has 0 aliphatic heterocycles. The van der Waals surface area contributed by atoms with Crippen molar-refractivity contribution in [2.24, 2.45) is 0 Å². The predicted octanol–water partition coefficient (Wildman–Crippen LogP) is 2.65. The molecule has 0 radical (unpaired) electrons. The molecule has 0 atom stereocenters. The molecule has 0 spiro atoms. The molecule has 0 bridgehead atoms. The van der Waals surface area contributed by atoms with E-state index in [1.807, 2.05) is 0 Å². The average molecular weight is 347 g/mol. The van der Waals surface area contributed by atoms with Crippen LogP contribution in [0.15, 0.2) is 29.2 Å². The second-order valence-corrected chi connectivity index (χ2v) is 6.32. The van der Waals surface area contributed by atoms with Crippen LogP contribution >= 0.6 is 0 Å². The molecule has 1 aromatic rings. The van der Waals surface area contributed by atoms with E-state index in [1.165, 1.54) is 19.2 Å². The Balaban J connectivity index is 3.17. The fraction of sp³-hybridized carbons (Fsp3) is 0.500. The van der Waals surface area contributed by atoms with Gasteiger partial charge in [0.25, 0.3) is 6.43 Å². The van der Waals surface area contributed by atoms with Crippen LogP contribution in [0.4, 0.5) is 22.0 Å². The second-order valence-electron chi connectivity index (χ2n) is 4.38. The minimum absolute atomic E-state index is 0.0392. The molecule has 0 N–H and O–H groups in total. The average Bonchev–Trinajstić information content (AvgIpc) is 2.36. The number of ether oxygens (including phenoxy) is 1. The van der Waals surface area contributed by atoms with Crippen LogP contribution in [-0.4, -0.2) is 45.5 Å². The predicted molar refractivity (Wildman–Crippen MR) is 68.0 cm³/mol. The summed E-state index contributed by atoms with van der Waals surface area (Å²) in [4.78, 5) is -0.494. The van der Waals surface area contributed by atoms with E-state index in [0.29, 0.717) is 5.56 Å². The van der Waals surface area contributed by atoms with Crippen molar-refractivity contribution in [2.75, 3.05) is 20.2 Å². The number of hydrogen-bond donors (Lipinski definition) is 0. The maximum absolute atomic E-state index is 12.4. The first kappa shape index (κ1) is 18.8. The summed E-state index contributed by atoms with van der Waals surface area (Å²) in [5, 5.41) is 0. The zero-order chi connectivity index (χ0) is 17.0. The highest BCUT2D eigenvalue weighted by Gasteiger charge is 2.38. The van der Waals surface area contributed by atoms with Crippen LogP contribution in [0.25, 0.3) is 0 Å². The summed E-state index contributed by atoms with van der Waals surface area (Å²) >= 11 is 0. The molecule has 0 aliphatic rings. The molecule has 22 heavy (non-hydrogen) atoms. The summed E-state index contributed by atoms with van der Waals surface area (Å²) in [6.45, 7) is -3.47. The Morgan fingerprint density at radius 3 is 2.41 bits per heavy atom. The van der Waals surface area contributed by atoms with Crippen LogP contribution in [0.5, 0.6) is 0 Å². The van der Waals surface area contributed by atoms with Crippen molar-refractivity contribution < 1.29 is 35.1 Å². The second kappa shape index (κ2) is 7.34. The topological polar surface area (TPSA) is 46.6 Å². The summed E-state index contributed by atoms with van der Waals surface area (Å²) in [6, 6.07) is 4.94. The van der Waals surface area contributed by atoms with Crippen LogP contribution in [0.3, 0.4) is 0 Å². The highest BCUT2D eigenvalue weighted by Crippen LogP contribution is 2.24. The van der Waals surface area contributed by atoms with Gasteiger partial charge in [-0.3, -0.25) is 0 Å². The van der Waals surface area contributed by atoms with Crippen molar-refractivity contribution in [3.63, 3.8) is 0 Å². The number of hydrogen-bond acceptors (Lipinski definition) is 3. The Bertz CT molecular complexity index is 589. The Labute approximate surface area is 124 Å². The van der Waals surface area contributed by atoms with Crippen molar-refractivity contribution in [2.45, 2.75) is 24.1 Å². The molecule has 1 aromatic carbocycles. The molecule has 4 nitrogen and oxygen atoms in total. The molecule has 0 saturated carbocycles. The minimum Gasteiger partial charge on any atom is -0.380 e. The third-order valence-corrected chi connectivity index (χ3v) is 4.35. The van der Waals surface area contributed by atoms with E-state index in [-0.39, 0.29) is 10.9 Å². The number of alkyl halides is 5. The first-order valence-electron chi connectivity index (χ1n) is 5.99. The van der Waals surface area contributed by atoms with Gasteiger partial charge in [-0.15, -0.1) is 0 Å². The molecule has 0 amide bonds. The van der Waals surface area contributed by atoms with Crippen molar-refractivity contribution in [3.8, 4) is 0 Å². The standard InChI is InChI=1S/C12H14F5NO3S/c1-21-7-9-3-2-4-10(5-9)22(19,20)18(6-11(13)14)8-12(15,16)17/h2-5,11H,6-8H2,1H3. The zero-order valence-electron chi connectivity index (χ0n) is 11.5. The molecule has 126 valence electrons. The highest BCUT2D eigenvalue weighted by atomic mass is 32.2.